The summed E-state index contributed by atoms with van der Waals surface area (Å²) < 4.78 is 37.6. The lowest BCUT2D eigenvalue weighted by atomic mass is 10.2. The Labute approximate surface area is 121 Å². The Bertz CT molecular complexity index is 585. The highest BCUT2D eigenvalue weighted by Gasteiger charge is 2.14. The quantitative estimate of drug-likeness (QED) is 0.709. The molecule has 1 rings (SSSR count). The number of nitrogens with one attached hydrogen (secondary N) is 1. The van der Waals surface area contributed by atoms with E-state index in [2.05, 4.69) is 4.72 Å². The van der Waals surface area contributed by atoms with E-state index in [1.54, 1.807) is 19.1 Å². The second-order valence-electron chi connectivity index (χ2n) is 3.72. The fourth-order valence-corrected chi connectivity index (χ4v) is 3.29. The molecule has 0 aromatic heterocycles. The first-order valence-corrected chi connectivity index (χ1v) is 8.99. The van der Waals surface area contributed by atoms with E-state index >= 15 is 0 Å². The summed E-state index contributed by atoms with van der Waals surface area (Å²) in [7, 11) is -4.62. The normalized spacial score (nSPS) is 13.1. The topological polar surface area (TPSA) is 89.3 Å². The van der Waals surface area contributed by atoms with Crippen molar-refractivity contribution in [3.05, 3.63) is 29.8 Å². The Morgan fingerprint density at radius 1 is 1.47 bits per heavy atom. The predicted octanol–water partition coefficient (Wildman–Crippen LogP) is 0.368. The van der Waals surface area contributed by atoms with Crippen molar-refractivity contribution in [3.63, 3.8) is 0 Å². The standard InChI is InChI=1S/C11H16N2O3S3/c1-2-18(14)7-6-13-19(15,16)10-5-3-4-9(8-10)11(12)17/h3-5,8,13H,2,6-7H2,1H3,(H2,12,17). The first kappa shape index (κ1) is 16.2. The van der Waals surface area contributed by atoms with E-state index in [1.165, 1.54) is 12.1 Å². The van der Waals surface area contributed by atoms with Gasteiger partial charge in [-0.1, -0.05) is 31.3 Å². The van der Waals surface area contributed by atoms with Crippen LogP contribution in [0.2, 0.25) is 0 Å². The summed E-state index contributed by atoms with van der Waals surface area (Å²) in [6.45, 7) is 1.93. The van der Waals surface area contributed by atoms with E-state index in [0.29, 0.717) is 17.1 Å². The van der Waals surface area contributed by atoms with Crippen LogP contribution in [0.1, 0.15) is 12.5 Å². The highest BCUT2D eigenvalue weighted by Crippen LogP contribution is 2.11. The monoisotopic (exact) mass is 320 g/mol. The van der Waals surface area contributed by atoms with Crippen molar-refractivity contribution >= 4 is 38.0 Å². The summed E-state index contributed by atoms with van der Waals surface area (Å²) in [5.74, 6) is 0.809. The van der Waals surface area contributed by atoms with Gasteiger partial charge in [-0.05, 0) is 12.1 Å². The fraction of sp³-hybridized carbons (Fsp3) is 0.364. The maximum Gasteiger partial charge on any atom is 0.240 e. The molecule has 0 amide bonds. The van der Waals surface area contributed by atoms with E-state index in [4.69, 9.17) is 18.0 Å². The number of hydrogen-bond acceptors (Lipinski definition) is 4. The van der Waals surface area contributed by atoms with Crippen LogP contribution >= 0.6 is 12.2 Å². The average molecular weight is 320 g/mol. The molecule has 1 unspecified atom stereocenters. The van der Waals surface area contributed by atoms with Gasteiger partial charge in [0.2, 0.25) is 10.0 Å². The Hall–Kier alpha value is -0.830. The van der Waals surface area contributed by atoms with Crippen molar-refractivity contribution < 1.29 is 12.6 Å². The number of sulfonamides is 1. The zero-order valence-electron chi connectivity index (χ0n) is 10.5. The molecule has 1 aromatic carbocycles. The summed E-state index contributed by atoms with van der Waals surface area (Å²) in [5.41, 5.74) is 5.96. The number of thiocarbonyl (C=S) groups is 1. The third-order valence-electron chi connectivity index (χ3n) is 2.37. The van der Waals surface area contributed by atoms with Crippen LogP contribution in [0.25, 0.3) is 0 Å². The Morgan fingerprint density at radius 3 is 2.74 bits per heavy atom. The third kappa shape index (κ3) is 4.98. The van der Waals surface area contributed by atoms with Crippen LogP contribution in [-0.4, -0.2) is 35.7 Å². The second kappa shape index (κ2) is 7.09. The number of rotatable bonds is 7. The summed E-state index contributed by atoms with van der Waals surface area (Å²) in [6, 6.07) is 6.10. The lowest BCUT2D eigenvalue weighted by Crippen LogP contribution is -2.28. The highest BCUT2D eigenvalue weighted by atomic mass is 32.2. The van der Waals surface area contributed by atoms with E-state index in [0.717, 1.165) is 0 Å². The van der Waals surface area contributed by atoms with Gasteiger partial charge in [-0.3, -0.25) is 4.21 Å². The minimum Gasteiger partial charge on any atom is -0.389 e. The smallest absolute Gasteiger partial charge is 0.240 e. The number of nitrogens with two attached hydrogens (primary N) is 1. The summed E-state index contributed by atoms with van der Waals surface area (Å²) >= 11 is 4.80. The zero-order valence-corrected chi connectivity index (χ0v) is 12.9. The SMILES string of the molecule is CCS(=O)CCNS(=O)(=O)c1cccc(C(N)=S)c1. The maximum atomic E-state index is 12.0. The molecule has 0 aliphatic carbocycles. The van der Waals surface area contributed by atoms with Gasteiger partial charge in [0.15, 0.2) is 0 Å². The molecule has 0 aliphatic heterocycles. The molecule has 3 N–H and O–H groups in total. The molecule has 106 valence electrons. The van der Waals surface area contributed by atoms with Crippen molar-refractivity contribution in [2.75, 3.05) is 18.1 Å². The van der Waals surface area contributed by atoms with Gasteiger partial charge in [0, 0.05) is 34.4 Å². The van der Waals surface area contributed by atoms with Gasteiger partial charge in [0.25, 0.3) is 0 Å². The molecule has 0 radical (unpaired) electrons. The van der Waals surface area contributed by atoms with E-state index < -0.39 is 20.8 Å². The van der Waals surface area contributed by atoms with E-state index in [9.17, 15) is 12.6 Å². The Kier molecular flexibility index (Phi) is 6.05. The molecule has 0 heterocycles. The van der Waals surface area contributed by atoms with Crippen molar-refractivity contribution in [2.45, 2.75) is 11.8 Å². The fourth-order valence-electron chi connectivity index (χ4n) is 1.33. The number of hydrogen-bond donors (Lipinski definition) is 2. The summed E-state index contributed by atoms with van der Waals surface area (Å²) in [6.07, 6.45) is 0. The van der Waals surface area contributed by atoms with Crippen molar-refractivity contribution in [1.82, 2.24) is 4.72 Å². The van der Waals surface area contributed by atoms with Gasteiger partial charge in [-0.2, -0.15) is 0 Å². The zero-order chi connectivity index (χ0) is 14.5. The van der Waals surface area contributed by atoms with E-state index in [-0.39, 0.29) is 16.4 Å². The van der Waals surface area contributed by atoms with Crippen LogP contribution in [-0.2, 0) is 20.8 Å². The highest BCUT2D eigenvalue weighted by molar-refractivity contribution is 7.89. The van der Waals surface area contributed by atoms with Crippen molar-refractivity contribution in [2.24, 2.45) is 5.73 Å². The molecular formula is C11H16N2O3S3. The molecule has 8 heteroatoms. The number of benzene rings is 1. The van der Waals surface area contributed by atoms with Crippen LogP contribution in [0.15, 0.2) is 29.2 Å². The molecule has 19 heavy (non-hydrogen) atoms. The van der Waals surface area contributed by atoms with Gasteiger partial charge in [-0.25, -0.2) is 13.1 Å². The summed E-state index contributed by atoms with van der Waals surface area (Å²) in [5, 5.41) is 0. The molecule has 5 nitrogen and oxygen atoms in total. The lowest BCUT2D eigenvalue weighted by Gasteiger charge is -2.07. The van der Waals surface area contributed by atoms with Gasteiger partial charge >= 0.3 is 0 Å². The van der Waals surface area contributed by atoms with Crippen LogP contribution in [0.4, 0.5) is 0 Å². The minimum atomic E-state index is -3.62. The molecule has 0 fully saturated rings. The van der Waals surface area contributed by atoms with Crippen LogP contribution in [0, 0.1) is 0 Å². The predicted molar refractivity (Wildman–Crippen MR) is 81.1 cm³/mol. The lowest BCUT2D eigenvalue weighted by molar-refractivity contribution is 0.584. The minimum absolute atomic E-state index is 0.0973. The molecule has 1 atom stereocenters. The van der Waals surface area contributed by atoms with Crippen LogP contribution in [0.3, 0.4) is 0 Å². The molecule has 0 spiro atoms. The third-order valence-corrected chi connectivity index (χ3v) is 5.37. The Balaban J connectivity index is 2.80. The van der Waals surface area contributed by atoms with Gasteiger partial charge in [0.05, 0.1) is 4.90 Å². The van der Waals surface area contributed by atoms with Gasteiger partial charge in [0.1, 0.15) is 4.99 Å². The van der Waals surface area contributed by atoms with Gasteiger partial charge in [-0.15, -0.1) is 0 Å². The maximum absolute atomic E-state index is 12.0. The molecule has 0 saturated carbocycles. The Morgan fingerprint density at radius 2 is 2.16 bits per heavy atom. The molecule has 0 aliphatic rings. The first-order valence-electron chi connectivity index (χ1n) is 5.61. The average Bonchev–Trinajstić information content (AvgIpc) is 2.38. The molecular weight excluding hydrogens is 304 g/mol. The van der Waals surface area contributed by atoms with Crippen LogP contribution in [0.5, 0.6) is 0 Å². The second-order valence-corrected chi connectivity index (χ2v) is 7.79. The first-order chi connectivity index (χ1) is 8.86. The summed E-state index contributed by atoms with van der Waals surface area (Å²) in [4.78, 5) is 0.240. The van der Waals surface area contributed by atoms with E-state index in [1.807, 2.05) is 0 Å². The largest absolute Gasteiger partial charge is 0.389 e. The molecule has 0 bridgehead atoms. The van der Waals surface area contributed by atoms with Gasteiger partial charge < -0.3 is 5.73 Å². The van der Waals surface area contributed by atoms with Crippen molar-refractivity contribution in [1.29, 1.82) is 0 Å². The molecule has 0 saturated heterocycles. The van der Waals surface area contributed by atoms with Crippen LogP contribution < -0.4 is 10.5 Å². The molecule has 1 aromatic rings. The van der Waals surface area contributed by atoms with Crippen molar-refractivity contribution in [3.8, 4) is 0 Å².